The van der Waals surface area contributed by atoms with Crippen molar-refractivity contribution >= 4 is 29.3 Å². The standard InChI is InChI=1S/C25H29ClN2O2/c1-15-8-9-18(26)13-21(15)28-23(30)17(14-27)10-16-11-19(24(2,3)4)22(29)20(12-16)25(5,6)7/h8-13,29H,1-7H3,(H,28,30)/b17-10+. The maximum atomic E-state index is 12.7. The van der Waals surface area contributed by atoms with Crippen molar-refractivity contribution in [3.05, 3.63) is 63.2 Å². The SMILES string of the molecule is Cc1ccc(Cl)cc1NC(=O)/C(C#N)=C/c1cc(C(C)(C)C)c(O)c(C(C)(C)C)c1. The lowest BCUT2D eigenvalue weighted by Gasteiger charge is -2.28. The van der Waals surface area contributed by atoms with Crippen LogP contribution in [-0.2, 0) is 15.6 Å². The number of carbonyl (C=O) groups excluding carboxylic acids is 1. The first-order valence-corrected chi connectivity index (χ1v) is 10.2. The molecule has 0 saturated heterocycles. The molecule has 0 bridgehead atoms. The van der Waals surface area contributed by atoms with Crippen molar-refractivity contribution < 1.29 is 9.90 Å². The van der Waals surface area contributed by atoms with E-state index in [0.29, 0.717) is 16.3 Å². The molecule has 0 atom stereocenters. The van der Waals surface area contributed by atoms with E-state index in [1.807, 2.05) is 66.7 Å². The summed E-state index contributed by atoms with van der Waals surface area (Å²) in [5, 5.41) is 23.7. The van der Waals surface area contributed by atoms with E-state index < -0.39 is 5.91 Å². The summed E-state index contributed by atoms with van der Waals surface area (Å²) in [6, 6.07) is 10.9. The number of nitrogens with one attached hydrogen (secondary N) is 1. The Hall–Kier alpha value is -2.77. The molecule has 0 aliphatic heterocycles. The van der Waals surface area contributed by atoms with Gasteiger partial charge in [0.25, 0.3) is 5.91 Å². The molecule has 2 rings (SSSR count). The van der Waals surface area contributed by atoms with Gasteiger partial charge in [0.1, 0.15) is 17.4 Å². The summed E-state index contributed by atoms with van der Waals surface area (Å²) >= 11 is 6.02. The zero-order valence-corrected chi connectivity index (χ0v) is 19.4. The number of aromatic hydroxyl groups is 1. The number of amides is 1. The van der Waals surface area contributed by atoms with Crippen molar-refractivity contribution in [3.63, 3.8) is 0 Å². The number of anilines is 1. The van der Waals surface area contributed by atoms with Gasteiger partial charge in [-0.05, 0) is 59.2 Å². The predicted octanol–water partition coefficient (Wildman–Crippen LogP) is 6.49. The summed E-state index contributed by atoms with van der Waals surface area (Å²) in [5.74, 6) is -0.254. The first-order chi connectivity index (χ1) is 13.7. The monoisotopic (exact) mass is 424 g/mol. The van der Waals surface area contributed by atoms with Gasteiger partial charge in [-0.2, -0.15) is 5.26 Å². The van der Waals surface area contributed by atoms with Crippen LogP contribution in [0.25, 0.3) is 6.08 Å². The molecule has 0 aliphatic rings. The van der Waals surface area contributed by atoms with Gasteiger partial charge in [-0.15, -0.1) is 0 Å². The van der Waals surface area contributed by atoms with Crippen molar-refractivity contribution in [1.29, 1.82) is 5.26 Å². The molecule has 5 heteroatoms. The van der Waals surface area contributed by atoms with Crippen molar-refractivity contribution in [2.75, 3.05) is 5.32 Å². The summed E-state index contributed by atoms with van der Waals surface area (Å²) in [6.07, 6.45) is 1.55. The second kappa shape index (κ2) is 8.53. The van der Waals surface area contributed by atoms with E-state index in [1.54, 1.807) is 24.3 Å². The predicted molar refractivity (Wildman–Crippen MR) is 124 cm³/mol. The van der Waals surface area contributed by atoms with Crippen molar-refractivity contribution in [2.45, 2.75) is 59.3 Å². The maximum absolute atomic E-state index is 12.7. The van der Waals surface area contributed by atoms with Crippen LogP contribution >= 0.6 is 11.6 Å². The van der Waals surface area contributed by atoms with Gasteiger partial charge >= 0.3 is 0 Å². The number of carbonyl (C=O) groups is 1. The number of halogens is 1. The molecular formula is C25H29ClN2O2. The fraction of sp³-hybridized carbons (Fsp3) is 0.360. The van der Waals surface area contributed by atoms with E-state index in [4.69, 9.17) is 11.6 Å². The van der Waals surface area contributed by atoms with Gasteiger partial charge < -0.3 is 10.4 Å². The molecule has 158 valence electrons. The van der Waals surface area contributed by atoms with E-state index in [9.17, 15) is 15.2 Å². The summed E-state index contributed by atoms with van der Waals surface area (Å²) in [6.45, 7) is 13.9. The van der Waals surface area contributed by atoms with E-state index in [-0.39, 0.29) is 22.2 Å². The lowest BCUT2D eigenvalue weighted by Crippen LogP contribution is -2.18. The third-order valence-electron chi connectivity index (χ3n) is 4.87. The van der Waals surface area contributed by atoms with Crippen LogP contribution in [0.1, 0.15) is 63.8 Å². The van der Waals surface area contributed by atoms with Crippen molar-refractivity contribution in [3.8, 4) is 11.8 Å². The fourth-order valence-electron chi connectivity index (χ4n) is 3.12. The smallest absolute Gasteiger partial charge is 0.266 e. The topological polar surface area (TPSA) is 73.1 Å². The highest BCUT2D eigenvalue weighted by Crippen LogP contribution is 2.40. The summed E-state index contributed by atoms with van der Waals surface area (Å²) < 4.78 is 0. The van der Waals surface area contributed by atoms with Crippen LogP contribution in [0.5, 0.6) is 5.75 Å². The number of nitriles is 1. The maximum Gasteiger partial charge on any atom is 0.266 e. The minimum atomic E-state index is -0.509. The van der Waals surface area contributed by atoms with E-state index >= 15 is 0 Å². The largest absolute Gasteiger partial charge is 0.507 e. The van der Waals surface area contributed by atoms with Crippen LogP contribution in [0.15, 0.2) is 35.9 Å². The molecule has 0 aliphatic carbocycles. The minimum Gasteiger partial charge on any atom is -0.507 e. The quantitative estimate of drug-likeness (QED) is 0.436. The minimum absolute atomic E-state index is 0.0280. The third kappa shape index (κ3) is 5.43. The van der Waals surface area contributed by atoms with Gasteiger partial charge in [-0.3, -0.25) is 4.79 Å². The molecule has 0 radical (unpaired) electrons. The van der Waals surface area contributed by atoms with E-state index in [2.05, 4.69) is 5.32 Å². The Labute approximate surface area is 184 Å². The molecule has 0 spiro atoms. The molecule has 2 aromatic carbocycles. The molecule has 2 N–H and O–H groups in total. The average Bonchev–Trinajstić information content (AvgIpc) is 2.61. The molecule has 0 fully saturated rings. The van der Waals surface area contributed by atoms with Crippen LogP contribution in [0.4, 0.5) is 5.69 Å². The molecule has 1 amide bonds. The lowest BCUT2D eigenvalue weighted by molar-refractivity contribution is -0.112. The molecule has 0 unspecified atom stereocenters. The number of hydrogen-bond acceptors (Lipinski definition) is 3. The van der Waals surface area contributed by atoms with Crippen LogP contribution in [0.3, 0.4) is 0 Å². The molecule has 0 aromatic heterocycles. The highest BCUT2D eigenvalue weighted by atomic mass is 35.5. The normalized spacial score (nSPS) is 12.4. The number of nitrogens with zero attached hydrogens (tertiary/aromatic N) is 1. The molecule has 2 aromatic rings. The Bertz CT molecular complexity index is 1010. The molecule has 0 heterocycles. The number of aryl methyl sites for hydroxylation is 1. The number of rotatable bonds is 3. The second-order valence-electron chi connectivity index (χ2n) is 9.55. The Morgan fingerprint density at radius 2 is 1.60 bits per heavy atom. The highest BCUT2D eigenvalue weighted by molar-refractivity contribution is 6.31. The number of benzene rings is 2. The van der Waals surface area contributed by atoms with Crippen LogP contribution in [0.2, 0.25) is 5.02 Å². The number of phenols is 1. The van der Waals surface area contributed by atoms with Gasteiger partial charge in [-0.25, -0.2) is 0 Å². The van der Waals surface area contributed by atoms with Gasteiger partial charge in [-0.1, -0.05) is 59.2 Å². The number of hydrogen-bond donors (Lipinski definition) is 2. The molecule has 30 heavy (non-hydrogen) atoms. The Morgan fingerprint density at radius 1 is 1.07 bits per heavy atom. The molecule has 0 saturated carbocycles. The van der Waals surface area contributed by atoms with Gasteiger partial charge in [0.05, 0.1) is 0 Å². The molecule has 4 nitrogen and oxygen atoms in total. The summed E-state index contributed by atoms with van der Waals surface area (Å²) in [7, 11) is 0. The third-order valence-corrected chi connectivity index (χ3v) is 5.11. The second-order valence-corrected chi connectivity index (χ2v) is 9.98. The Morgan fingerprint density at radius 3 is 2.07 bits per heavy atom. The first-order valence-electron chi connectivity index (χ1n) is 9.81. The summed E-state index contributed by atoms with van der Waals surface area (Å²) in [5.41, 5.74) is 3.00. The zero-order chi connectivity index (χ0) is 22.9. The van der Waals surface area contributed by atoms with Gasteiger partial charge in [0.2, 0.25) is 0 Å². The van der Waals surface area contributed by atoms with E-state index in [0.717, 1.165) is 16.7 Å². The first kappa shape index (κ1) is 23.5. The number of phenolic OH excluding ortho intramolecular Hbond substituents is 1. The van der Waals surface area contributed by atoms with Gasteiger partial charge in [0.15, 0.2) is 0 Å². The van der Waals surface area contributed by atoms with Crippen molar-refractivity contribution in [2.24, 2.45) is 0 Å². The molecular weight excluding hydrogens is 396 g/mol. The Kier molecular flexibility index (Phi) is 6.69. The Balaban J connectivity index is 2.54. The average molecular weight is 425 g/mol. The van der Waals surface area contributed by atoms with Gasteiger partial charge in [0, 0.05) is 21.8 Å². The van der Waals surface area contributed by atoms with Crippen LogP contribution in [-0.4, -0.2) is 11.0 Å². The lowest BCUT2D eigenvalue weighted by atomic mass is 9.78. The van der Waals surface area contributed by atoms with Crippen molar-refractivity contribution in [1.82, 2.24) is 0 Å². The van der Waals surface area contributed by atoms with Crippen LogP contribution in [0, 0.1) is 18.3 Å². The highest BCUT2D eigenvalue weighted by Gasteiger charge is 2.26. The zero-order valence-electron chi connectivity index (χ0n) is 18.6. The van der Waals surface area contributed by atoms with E-state index in [1.165, 1.54) is 0 Å². The van der Waals surface area contributed by atoms with Crippen LogP contribution < -0.4 is 5.32 Å². The fourth-order valence-corrected chi connectivity index (χ4v) is 3.29. The summed E-state index contributed by atoms with van der Waals surface area (Å²) in [4.78, 5) is 12.7.